The van der Waals surface area contributed by atoms with Gasteiger partial charge in [0.25, 0.3) is 0 Å². The Balaban J connectivity index is 1.55. The highest BCUT2D eigenvalue weighted by atomic mass is 16.5. The molecule has 0 saturated heterocycles. The summed E-state index contributed by atoms with van der Waals surface area (Å²) < 4.78 is 23.9. The van der Waals surface area contributed by atoms with Crippen LogP contribution in [-0.2, 0) is 0 Å². The molecule has 1 heterocycles. The molecule has 0 bridgehead atoms. The number of carbonyl (C=O) groups is 2. The number of carbonyl (C=O) groups excluding carboxylic acids is 2. The summed E-state index contributed by atoms with van der Waals surface area (Å²) in [6.45, 7) is 2.38. The Labute approximate surface area is 221 Å². The van der Waals surface area contributed by atoms with Crippen LogP contribution in [0.3, 0.4) is 0 Å². The van der Waals surface area contributed by atoms with Gasteiger partial charge in [-0.05, 0) is 68.5 Å². The number of rotatable bonds is 2. The molecule has 3 rings (SSSR count). The summed E-state index contributed by atoms with van der Waals surface area (Å²) in [6.07, 6.45) is 16.2. The second-order valence-corrected chi connectivity index (χ2v) is 9.64. The fourth-order valence-corrected chi connectivity index (χ4v) is 4.39. The topological polar surface area (TPSA) is 71.1 Å². The summed E-state index contributed by atoms with van der Waals surface area (Å²) in [4.78, 5) is 22.5. The largest absolute Gasteiger partial charge is 0.490 e. The van der Waals surface area contributed by atoms with Crippen LogP contribution in [0.4, 0.5) is 0 Å². The molecule has 0 radical (unpaired) electrons. The van der Waals surface area contributed by atoms with Crippen LogP contribution in [0.15, 0.2) is 36.4 Å². The van der Waals surface area contributed by atoms with Gasteiger partial charge in [0.2, 0.25) is 0 Å². The lowest BCUT2D eigenvalue weighted by atomic mass is 10.1. The van der Waals surface area contributed by atoms with Gasteiger partial charge in [-0.25, -0.2) is 0 Å². The van der Waals surface area contributed by atoms with Crippen LogP contribution in [0.5, 0.6) is 23.0 Å². The van der Waals surface area contributed by atoms with Crippen LogP contribution in [0, 0.1) is 0 Å². The van der Waals surface area contributed by atoms with Gasteiger partial charge in [0, 0.05) is 11.1 Å². The first-order valence-electron chi connectivity index (χ1n) is 14.0. The molecule has 6 nitrogen and oxygen atoms in total. The van der Waals surface area contributed by atoms with Crippen molar-refractivity contribution in [3.8, 4) is 23.0 Å². The van der Waals surface area contributed by atoms with Crippen molar-refractivity contribution in [1.82, 2.24) is 0 Å². The molecule has 6 heteroatoms. The molecule has 0 N–H and O–H groups in total. The Morgan fingerprint density at radius 2 is 0.703 bits per heavy atom. The molecule has 0 aliphatic carbocycles. The Morgan fingerprint density at radius 3 is 1.05 bits per heavy atom. The summed E-state index contributed by atoms with van der Waals surface area (Å²) in [6, 6.07) is 10.7. The van der Waals surface area contributed by atoms with E-state index in [-0.39, 0.29) is 0 Å². The highest BCUT2D eigenvalue weighted by Gasteiger charge is 2.09. The van der Waals surface area contributed by atoms with E-state index in [4.69, 9.17) is 18.9 Å². The van der Waals surface area contributed by atoms with E-state index in [1.807, 2.05) is 12.1 Å². The number of fused-ring (bicyclic) bond motifs is 2. The van der Waals surface area contributed by atoms with Crippen LogP contribution in [0.25, 0.3) is 0 Å². The summed E-state index contributed by atoms with van der Waals surface area (Å²) in [5, 5.41) is 0. The smallest absolute Gasteiger partial charge is 0.161 e. The predicted octanol–water partition coefficient (Wildman–Crippen LogP) is 7.61. The number of benzene rings is 2. The van der Waals surface area contributed by atoms with E-state index in [0.29, 0.717) is 60.6 Å². The number of ether oxygens (including phenoxy) is 4. The molecule has 37 heavy (non-hydrogen) atoms. The molecule has 2 aromatic carbocycles. The molecule has 1 aliphatic rings. The van der Waals surface area contributed by atoms with Crippen molar-refractivity contribution in [2.45, 2.75) is 83.5 Å². The zero-order valence-electron chi connectivity index (χ0n) is 22.1. The fourth-order valence-electron chi connectivity index (χ4n) is 4.39. The first-order valence-corrected chi connectivity index (χ1v) is 14.0. The van der Waals surface area contributed by atoms with Gasteiger partial charge in [0.05, 0.1) is 26.4 Å². The summed E-state index contributed by atoms with van der Waals surface area (Å²) >= 11 is 0. The molecule has 202 valence electrons. The second kappa shape index (κ2) is 17.4. The van der Waals surface area contributed by atoms with Crippen molar-refractivity contribution in [3.63, 3.8) is 0 Å². The van der Waals surface area contributed by atoms with Gasteiger partial charge in [0.1, 0.15) is 12.6 Å². The van der Waals surface area contributed by atoms with E-state index in [2.05, 4.69) is 0 Å². The SMILES string of the molecule is O=Cc1ccc2c(c1)OCCCCCOc1cc(C=O)ccc1OCCCCCCCCCCCCO2. The first kappa shape index (κ1) is 28.5. The molecule has 0 spiro atoms. The van der Waals surface area contributed by atoms with Gasteiger partial charge in [0.15, 0.2) is 23.0 Å². The van der Waals surface area contributed by atoms with Crippen LogP contribution in [0.1, 0.15) is 104 Å². The van der Waals surface area contributed by atoms with Crippen molar-refractivity contribution in [2.24, 2.45) is 0 Å². The zero-order chi connectivity index (χ0) is 26.0. The van der Waals surface area contributed by atoms with E-state index >= 15 is 0 Å². The van der Waals surface area contributed by atoms with Crippen LogP contribution < -0.4 is 18.9 Å². The normalized spacial score (nSPS) is 17.5. The van der Waals surface area contributed by atoms with Gasteiger partial charge < -0.3 is 18.9 Å². The maximum atomic E-state index is 11.2. The molecule has 1 aliphatic heterocycles. The highest BCUT2D eigenvalue weighted by Crippen LogP contribution is 2.30. The quantitative estimate of drug-likeness (QED) is 0.387. The molecular formula is C31H42O6. The summed E-state index contributed by atoms with van der Waals surface area (Å²) in [7, 11) is 0. The average Bonchev–Trinajstić information content (AvgIpc) is 2.93. The van der Waals surface area contributed by atoms with Crippen molar-refractivity contribution in [2.75, 3.05) is 26.4 Å². The number of hydrogen-bond donors (Lipinski definition) is 0. The lowest BCUT2D eigenvalue weighted by Gasteiger charge is -2.14. The standard InChI is InChI=1S/C31H42O6/c32-24-26-14-16-28-30(22-26)36-20-12-9-13-21-37-31-23-27(25-33)15-17-29(31)35-19-11-8-6-4-2-1-3-5-7-10-18-34-28/h14-17,22-25H,1-13,18-21H2. The summed E-state index contributed by atoms with van der Waals surface area (Å²) in [5.74, 6) is 2.64. The Hall–Kier alpha value is -3.02. The van der Waals surface area contributed by atoms with E-state index < -0.39 is 0 Å². The lowest BCUT2D eigenvalue weighted by molar-refractivity contribution is 0.111. The summed E-state index contributed by atoms with van der Waals surface area (Å²) in [5.41, 5.74) is 1.16. The number of aldehydes is 2. The van der Waals surface area contributed by atoms with Crippen molar-refractivity contribution < 1.29 is 28.5 Å². The molecule has 0 atom stereocenters. The van der Waals surface area contributed by atoms with Crippen molar-refractivity contribution in [1.29, 1.82) is 0 Å². The minimum Gasteiger partial charge on any atom is -0.490 e. The van der Waals surface area contributed by atoms with Crippen LogP contribution in [0.2, 0.25) is 0 Å². The molecule has 0 saturated carbocycles. The number of hydrogen-bond acceptors (Lipinski definition) is 6. The Bertz CT molecular complexity index is 866. The predicted molar refractivity (Wildman–Crippen MR) is 146 cm³/mol. The van der Waals surface area contributed by atoms with Gasteiger partial charge in [-0.2, -0.15) is 0 Å². The zero-order valence-corrected chi connectivity index (χ0v) is 22.1. The highest BCUT2D eigenvalue weighted by molar-refractivity contribution is 5.77. The van der Waals surface area contributed by atoms with Crippen molar-refractivity contribution in [3.05, 3.63) is 47.5 Å². The molecule has 0 unspecified atom stereocenters. The maximum absolute atomic E-state index is 11.2. The lowest BCUT2D eigenvalue weighted by Crippen LogP contribution is -2.05. The van der Waals surface area contributed by atoms with Crippen LogP contribution >= 0.6 is 0 Å². The van der Waals surface area contributed by atoms with Gasteiger partial charge in [-0.15, -0.1) is 0 Å². The molecule has 0 aromatic heterocycles. The van der Waals surface area contributed by atoms with Gasteiger partial charge >= 0.3 is 0 Å². The molecule has 2 aromatic rings. The molecular weight excluding hydrogens is 468 g/mol. The van der Waals surface area contributed by atoms with E-state index in [1.54, 1.807) is 24.3 Å². The van der Waals surface area contributed by atoms with E-state index in [1.165, 1.54) is 38.5 Å². The Morgan fingerprint density at radius 1 is 0.405 bits per heavy atom. The van der Waals surface area contributed by atoms with Gasteiger partial charge in [-0.1, -0.05) is 51.4 Å². The fraction of sp³-hybridized carbons (Fsp3) is 0.548. The van der Waals surface area contributed by atoms with Crippen molar-refractivity contribution >= 4 is 12.6 Å². The minimum atomic E-state index is 0.535. The molecule has 0 amide bonds. The molecule has 0 fully saturated rings. The Kier molecular flexibility index (Phi) is 13.5. The third kappa shape index (κ3) is 10.9. The minimum absolute atomic E-state index is 0.535. The van der Waals surface area contributed by atoms with E-state index in [0.717, 1.165) is 57.5 Å². The third-order valence-corrected chi connectivity index (χ3v) is 6.57. The maximum Gasteiger partial charge on any atom is 0.161 e. The average molecular weight is 511 g/mol. The van der Waals surface area contributed by atoms with E-state index in [9.17, 15) is 9.59 Å². The van der Waals surface area contributed by atoms with Crippen LogP contribution in [-0.4, -0.2) is 39.0 Å². The first-order chi connectivity index (χ1) is 18.3. The third-order valence-electron chi connectivity index (χ3n) is 6.57. The second-order valence-electron chi connectivity index (χ2n) is 9.64. The monoisotopic (exact) mass is 510 g/mol. The van der Waals surface area contributed by atoms with Gasteiger partial charge in [-0.3, -0.25) is 9.59 Å².